The third kappa shape index (κ3) is 2.11. The van der Waals surface area contributed by atoms with Crippen molar-refractivity contribution in [3.05, 3.63) is 26.8 Å². The smallest absolute Gasteiger partial charge is 0.223 e. The molecule has 0 saturated heterocycles. The van der Waals surface area contributed by atoms with Gasteiger partial charge in [0.05, 0.1) is 10.2 Å². The van der Waals surface area contributed by atoms with Crippen LogP contribution in [0.4, 0.5) is 15.8 Å². The Morgan fingerprint density at radius 2 is 2.12 bits per heavy atom. The summed E-state index contributed by atoms with van der Waals surface area (Å²) in [5.41, 5.74) is 0.392. The van der Waals surface area contributed by atoms with Crippen molar-refractivity contribution in [2.24, 2.45) is 5.18 Å². The number of anilines is 1. The van der Waals surface area contributed by atoms with Gasteiger partial charge in [0, 0.05) is 14.0 Å². The lowest BCUT2D eigenvalue weighted by Gasteiger charge is -2.18. The zero-order chi connectivity index (χ0) is 12.5. The van der Waals surface area contributed by atoms with Crippen molar-refractivity contribution in [1.29, 1.82) is 0 Å². The van der Waals surface area contributed by atoms with Crippen molar-refractivity contribution in [3.63, 3.8) is 0 Å². The number of nitrogens with zero attached hydrogens (tertiary/aromatic N) is 2. The Hall–Kier alpha value is -1.30. The normalized spacial score (nSPS) is 10.1. The highest BCUT2D eigenvalue weighted by Gasteiger charge is 2.19. The van der Waals surface area contributed by atoms with Gasteiger partial charge in [0.25, 0.3) is 0 Å². The molecule has 0 atom stereocenters. The van der Waals surface area contributed by atoms with Crippen molar-refractivity contribution in [3.8, 4) is 0 Å². The van der Waals surface area contributed by atoms with Gasteiger partial charge < -0.3 is 4.90 Å². The van der Waals surface area contributed by atoms with Crippen LogP contribution in [0.3, 0.4) is 0 Å². The van der Waals surface area contributed by atoms with E-state index in [-0.39, 0.29) is 21.8 Å². The molecule has 0 N–H and O–H groups in total. The molecule has 0 bridgehead atoms. The van der Waals surface area contributed by atoms with Crippen LogP contribution < -0.4 is 4.90 Å². The lowest BCUT2D eigenvalue weighted by Crippen LogP contribution is -2.23. The highest BCUT2D eigenvalue weighted by molar-refractivity contribution is 9.10. The molecule has 4 nitrogen and oxygen atoms in total. The summed E-state index contributed by atoms with van der Waals surface area (Å²) in [7, 11) is 1.46. The van der Waals surface area contributed by atoms with Crippen LogP contribution in [0.5, 0.6) is 0 Å². The highest BCUT2D eigenvalue weighted by atomic mass is 79.9. The number of hydrogen-bond acceptors (Lipinski definition) is 3. The summed E-state index contributed by atoms with van der Waals surface area (Å²) in [6.45, 7) is 2.99. The van der Waals surface area contributed by atoms with Crippen molar-refractivity contribution in [2.45, 2.75) is 13.8 Å². The quantitative estimate of drug-likeness (QED) is 0.784. The number of carbonyl (C=O) groups excluding carboxylic acids is 1. The second-order valence-electron chi connectivity index (χ2n) is 3.36. The van der Waals surface area contributed by atoms with Crippen LogP contribution >= 0.6 is 15.9 Å². The Balaban J connectivity index is 3.50. The Labute approximate surface area is 101 Å². The number of halogens is 2. The van der Waals surface area contributed by atoms with Gasteiger partial charge in [-0.25, -0.2) is 4.39 Å². The van der Waals surface area contributed by atoms with E-state index in [9.17, 15) is 14.1 Å². The summed E-state index contributed by atoms with van der Waals surface area (Å²) in [5, 5.41) is 2.63. The van der Waals surface area contributed by atoms with E-state index in [0.29, 0.717) is 5.56 Å². The lowest BCUT2D eigenvalue weighted by molar-refractivity contribution is -0.116. The number of nitroso groups, excluding NO2 is 1. The fraction of sp³-hybridized carbons (Fsp3) is 0.300. The molecule has 1 amide bonds. The first-order valence-corrected chi connectivity index (χ1v) is 5.25. The Kier molecular flexibility index (Phi) is 3.74. The van der Waals surface area contributed by atoms with Crippen molar-refractivity contribution in [1.82, 2.24) is 0 Å². The second kappa shape index (κ2) is 4.69. The fourth-order valence-corrected chi connectivity index (χ4v) is 1.54. The van der Waals surface area contributed by atoms with Gasteiger partial charge in [0.2, 0.25) is 5.91 Å². The Morgan fingerprint density at radius 3 is 2.56 bits per heavy atom. The zero-order valence-electron chi connectivity index (χ0n) is 9.04. The predicted molar refractivity (Wildman–Crippen MR) is 63.4 cm³/mol. The molecule has 1 rings (SSSR count). The van der Waals surface area contributed by atoms with Crippen LogP contribution in [0.15, 0.2) is 15.7 Å². The van der Waals surface area contributed by atoms with Crippen LogP contribution in [0.1, 0.15) is 12.5 Å². The van der Waals surface area contributed by atoms with Gasteiger partial charge in [-0.3, -0.25) is 4.79 Å². The first kappa shape index (κ1) is 12.8. The van der Waals surface area contributed by atoms with Gasteiger partial charge in [-0.05, 0) is 39.7 Å². The first-order valence-electron chi connectivity index (χ1n) is 4.46. The largest absolute Gasteiger partial charge is 0.313 e. The van der Waals surface area contributed by atoms with E-state index < -0.39 is 5.82 Å². The molecule has 0 aliphatic carbocycles. The van der Waals surface area contributed by atoms with Crippen molar-refractivity contribution in [2.75, 3.05) is 11.9 Å². The molecule has 1 aromatic carbocycles. The minimum absolute atomic E-state index is 0.167. The number of rotatable bonds is 2. The standard InChI is InChI=1S/C10H10BrFN2O2/c1-5-4-7(14(3)6(2)15)10(13-16)9(12)8(5)11/h4H,1-3H3. The van der Waals surface area contributed by atoms with Gasteiger partial charge >= 0.3 is 0 Å². The molecule has 0 spiro atoms. The number of hydrogen-bond donors (Lipinski definition) is 0. The maximum Gasteiger partial charge on any atom is 0.223 e. The van der Waals surface area contributed by atoms with Crippen LogP contribution in [0.25, 0.3) is 0 Å². The average Bonchev–Trinajstić information content (AvgIpc) is 2.24. The van der Waals surface area contributed by atoms with Gasteiger partial charge in [0.1, 0.15) is 0 Å². The van der Waals surface area contributed by atoms with Crippen LogP contribution in [0, 0.1) is 17.6 Å². The summed E-state index contributed by atoms with van der Waals surface area (Å²) in [4.78, 5) is 22.9. The summed E-state index contributed by atoms with van der Waals surface area (Å²) in [5.74, 6) is -1.05. The van der Waals surface area contributed by atoms with E-state index in [2.05, 4.69) is 21.1 Å². The summed E-state index contributed by atoms with van der Waals surface area (Å²) in [6.07, 6.45) is 0. The maximum atomic E-state index is 13.7. The van der Waals surface area contributed by atoms with Gasteiger partial charge in [-0.2, -0.15) is 0 Å². The van der Waals surface area contributed by atoms with Gasteiger partial charge in [0.15, 0.2) is 11.5 Å². The number of aryl methyl sites for hydroxylation is 1. The van der Waals surface area contributed by atoms with Gasteiger partial charge in [-0.15, -0.1) is 4.91 Å². The Bertz CT molecular complexity index is 463. The average molecular weight is 289 g/mol. The first-order chi connectivity index (χ1) is 7.40. The summed E-state index contributed by atoms with van der Waals surface area (Å²) in [6, 6.07) is 1.53. The molecular formula is C10H10BrFN2O2. The van der Waals surface area contributed by atoms with Gasteiger partial charge in [-0.1, -0.05) is 0 Å². The molecular weight excluding hydrogens is 279 g/mol. The fourth-order valence-electron chi connectivity index (χ4n) is 1.24. The molecule has 86 valence electrons. The molecule has 6 heteroatoms. The van der Waals surface area contributed by atoms with E-state index in [0.717, 1.165) is 0 Å². The number of amides is 1. The molecule has 0 heterocycles. The Morgan fingerprint density at radius 1 is 1.56 bits per heavy atom. The monoisotopic (exact) mass is 288 g/mol. The lowest BCUT2D eigenvalue weighted by atomic mass is 10.1. The number of carbonyl (C=O) groups is 1. The SMILES string of the molecule is CC(=O)N(C)c1cc(C)c(Br)c(F)c1N=O. The van der Waals surface area contributed by atoms with E-state index in [1.54, 1.807) is 6.92 Å². The molecule has 1 aromatic rings. The van der Waals surface area contributed by atoms with E-state index in [1.165, 1.54) is 24.9 Å². The number of benzene rings is 1. The molecule has 0 radical (unpaired) electrons. The molecule has 0 saturated carbocycles. The third-order valence-electron chi connectivity index (χ3n) is 2.27. The molecule has 0 aromatic heterocycles. The van der Waals surface area contributed by atoms with Crippen LogP contribution in [-0.2, 0) is 4.79 Å². The molecule has 0 unspecified atom stereocenters. The van der Waals surface area contributed by atoms with E-state index in [4.69, 9.17) is 0 Å². The molecule has 16 heavy (non-hydrogen) atoms. The summed E-state index contributed by atoms with van der Waals surface area (Å²) < 4.78 is 13.9. The molecule has 0 aliphatic heterocycles. The topological polar surface area (TPSA) is 49.7 Å². The van der Waals surface area contributed by atoms with Crippen LogP contribution in [-0.4, -0.2) is 13.0 Å². The second-order valence-corrected chi connectivity index (χ2v) is 4.15. The molecule has 0 aliphatic rings. The minimum Gasteiger partial charge on any atom is -0.313 e. The predicted octanol–water partition coefficient (Wildman–Crippen LogP) is 3.28. The van der Waals surface area contributed by atoms with E-state index >= 15 is 0 Å². The zero-order valence-corrected chi connectivity index (χ0v) is 10.6. The van der Waals surface area contributed by atoms with Crippen molar-refractivity contribution < 1.29 is 9.18 Å². The maximum absolute atomic E-state index is 13.7. The van der Waals surface area contributed by atoms with Crippen LogP contribution in [0.2, 0.25) is 0 Å². The summed E-state index contributed by atoms with van der Waals surface area (Å²) >= 11 is 3.01. The minimum atomic E-state index is -0.752. The van der Waals surface area contributed by atoms with E-state index in [1.807, 2.05) is 0 Å². The molecule has 0 fully saturated rings. The third-order valence-corrected chi connectivity index (χ3v) is 3.24. The van der Waals surface area contributed by atoms with Crippen molar-refractivity contribution >= 4 is 33.2 Å². The highest BCUT2D eigenvalue weighted by Crippen LogP contribution is 2.37.